The molecular formula is C28H40N2O4. The van der Waals surface area contributed by atoms with Gasteiger partial charge in [0.1, 0.15) is 12.4 Å². The predicted molar refractivity (Wildman–Crippen MR) is 138 cm³/mol. The van der Waals surface area contributed by atoms with E-state index in [0.717, 1.165) is 23.1 Å². The van der Waals surface area contributed by atoms with Crippen LogP contribution in [0.5, 0.6) is 5.75 Å². The SMILES string of the molecule is CC(CCCC=C(COc1cccc2ccccc12)C(=O)NCCN(C(C)C)C(C)C)C(=O)O. The second kappa shape index (κ2) is 13.8. The normalized spacial score (nSPS) is 13.0. The second-order valence-corrected chi connectivity index (χ2v) is 9.35. The molecule has 186 valence electrons. The van der Waals surface area contributed by atoms with E-state index in [4.69, 9.17) is 9.84 Å². The zero-order chi connectivity index (χ0) is 25.1. The summed E-state index contributed by atoms with van der Waals surface area (Å²) in [5.41, 5.74) is 0.566. The number of carboxylic acid groups (broad SMARTS) is 1. The summed E-state index contributed by atoms with van der Waals surface area (Å²) in [6, 6.07) is 14.7. The van der Waals surface area contributed by atoms with E-state index in [1.807, 2.05) is 48.5 Å². The number of carbonyl (C=O) groups is 2. The molecule has 0 aromatic heterocycles. The molecule has 1 atom stereocenters. The van der Waals surface area contributed by atoms with Crippen LogP contribution in [-0.4, -0.2) is 53.7 Å². The van der Waals surface area contributed by atoms with Gasteiger partial charge in [0, 0.05) is 30.6 Å². The van der Waals surface area contributed by atoms with Crippen LogP contribution in [-0.2, 0) is 9.59 Å². The van der Waals surface area contributed by atoms with E-state index >= 15 is 0 Å². The molecule has 0 aliphatic carbocycles. The van der Waals surface area contributed by atoms with Crippen LogP contribution in [0, 0.1) is 5.92 Å². The van der Waals surface area contributed by atoms with E-state index in [2.05, 4.69) is 37.9 Å². The Morgan fingerprint density at radius 2 is 1.71 bits per heavy atom. The average Bonchev–Trinajstić information content (AvgIpc) is 2.80. The zero-order valence-electron chi connectivity index (χ0n) is 21.2. The summed E-state index contributed by atoms with van der Waals surface area (Å²) in [5.74, 6) is -0.585. The maximum Gasteiger partial charge on any atom is 0.306 e. The molecule has 0 bridgehead atoms. The molecule has 0 saturated carbocycles. The summed E-state index contributed by atoms with van der Waals surface area (Å²) in [6.45, 7) is 11.8. The molecule has 6 heteroatoms. The van der Waals surface area contributed by atoms with E-state index in [9.17, 15) is 9.59 Å². The molecule has 34 heavy (non-hydrogen) atoms. The highest BCUT2D eigenvalue weighted by atomic mass is 16.5. The minimum Gasteiger partial charge on any atom is -0.488 e. The van der Waals surface area contributed by atoms with E-state index in [1.165, 1.54) is 0 Å². The van der Waals surface area contributed by atoms with E-state index in [0.29, 0.717) is 43.5 Å². The Hall–Kier alpha value is -2.86. The molecule has 2 rings (SSSR count). The van der Waals surface area contributed by atoms with E-state index in [-0.39, 0.29) is 12.5 Å². The van der Waals surface area contributed by atoms with E-state index in [1.54, 1.807) is 6.92 Å². The number of amides is 1. The van der Waals surface area contributed by atoms with Gasteiger partial charge in [0.05, 0.1) is 11.5 Å². The Bertz CT molecular complexity index is 955. The van der Waals surface area contributed by atoms with Crippen molar-refractivity contribution in [2.45, 2.75) is 66.0 Å². The maximum absolute atomic E-state index is 13.0. The van der Waals surface area contributed by atoms with Crippen LogP contribution in [0.15, 0.2) is 54.1 Å². The average molecular weight is 469 g/mol. The molecule has 0 radical (unpaired) electrons. The van der Waals surface area contributed by atoms with Gasteiger partial charge in [-0.25, -0.2) is 0 Å². The molecule has 0 heterocycles. The van der Waals surface area contributed by atoms with Crippen molar-refractivity contribution < 1.29 is 19.4 Å². The lowest BCUT2D eigenvalue weighted by molar-refractivity contribution is -0.141. The third-order valence-corrected chi connectivity index (χ3v) is 6.06. The number of hydrogen-bond acceptors (Lipinski definition) is 4. The van der Waals surface area contributed by atoms with Gasteiger partial charge in [-0.1, -0.05) is 49.4 Å². The molecule has 2 N–H and O–H groups in total. The van der Waals surface area contributed by atoms with Gasteiger partial charge in [-0.05, 0) is 58.4 Å². The van der Waals surface area contributed by atoms with Crippen LogP contribution in [0.3, 0.4) is 0 Å². The number of allylic oxidation sites excluding steroid dienone is 1. The molecule has 2 aromatic rings. The minimum absolute atomic E-state index is 0.140. The standard InChI is InChI=1S/C28H40N2O4/c1-20(2)30(21(3)4)18-17-29-27(31)24(13-7-6-11-22(5)28(32)33)19-34-26-16-10-14-23-12-8-9-15-25(23)26/h8-10,12-16,20-22H,6-7,11,17-19H2,1-5H3,(H,29,31)(H,32,33). The third kappa shape index (κ3) is 8.49. The number of hydrogen-bond donors (Lipinski definition) is 2. The fraction of sp³-hybridized carbons (Fsp3) is 0.500. The van der Waals surface area contributed by atoms with Crippen molar-refractivity contribution in [1.82, 2.24) is 10.2 Å². The Labute approximate surface area is 204 Å². The van der Waals surface area contributed by atoms with Crippen LogP contribution in [0.25, 0.3) is 10.8 Å². The Morgan fingerprint density at radius 3 is 2.38 bits per heavy atom. The molecule has 0 aliphatic rings. The highest BCUT2D eigenvalue weighted by Crippen LogP contribution is 2.25. The van der Waals surface area contributed by atoms with Gasteiger partial charge in [0.25, 0.3) is 0 Å². The summed E-state index contributed by atoms with van der Waals surface area (Å²) in [4.78, 5) is 26.4. The Kier molecular flexibility index (Phi) is 11.1. The van der Waals surface area contributed by atoms with Crippen molar-refractivity contribution in [2.24, 2.45) is 5.92 Å². The van der Waals surface area contributed by atoms with Crippen molar-refractivity contribution in [1.29, 1.82) is 0 Å². The monoisotopic (exact) mass is 468 g/mol. The lowest BCUT2D eigenvalue weighted by Crippen LogP contribution is -2.43. The lowest BCUT2D eigenvalue weighted by atomic mass is 10.0. The number of benzene rings is 2. The highest BCUT2D eigenvalue weighted by Gasteiger charge is 2.16. The number of nitrogens with zero attached hydrogens (tertiary/aromatic N) is 1. The van der Waals surface area contributed by atoms with Crippen LogP contribution >= 0.6 is 0 Å². The summed E-state index contributed by atoms with van der Waals surface area (Å²) in [5, 5.41) is 14.2. The summed E-state index contributed by atoms with van der Waals surface area (Å²) in [6.07, 6.45) is 3.79. The topological polar surface area (TPSA) is 78.9 Å². The van der Waals surface area contributed by atoms with Crippen molar-refractivity contribution in [3.05, 3.63) is 54.1 Å². The van der Waals surface area contributed by atoms with Gasteiger partial charge < -0.3 is 15.2 Å². The third-order valence-electron chi connectivity index (χ3n) is 6.06. The molecule has 6 nitrogen and oxygen atoms in total. The molecule has 0 spiro atoms. The highest BCUT2D eigenvalue weighted by molar-refractivity contribution is 5.94. The van der Waals surface area contributed by atoms with Crippen molar-refractivity contribution in [3.63, 3.8) is 0 Å². The number of nitrogens with one attached hydrogen (secondary N) is 1. The predicted octanol–water partition coefficient (Wildman–Crippen LogP) is 5.27. The second-order valence-electron chi connectivity index (χ2n) is 9.35. The maximum atomic E-state index is 13.0. The molecule has 2 aromatic carbocycles. The number of carbonyl (C=O) groups excluding carboxylic acids is 1. The van der Waals surface area contributed by atoms with Gasteiger partial charge in [0.2, 0.25) is 5.91 Å². The lowest BCUT2D eigenvalue weighted by Gasteiger charge is -2.30. The molecular weight excluding hydrogens is 428 g/mol. The number of carboxylic acids is 1. The fourth-order valence-corrected chi connectivity index (χ4v) is 4.04. The summed E-state index contributed by atoms with van der Waals surface area (Å²) >= 11 is 0. The van der Waals surface area contributed by atoms with Crippen molar-refractivity contribution >= 4 is 22.6 Å². The molecule has 1 amide bonds. The van der Waals surface area contributed by atoms with Crippen LogP contribution in [0.2, 0.25) is 0 Å². The number of aliphatic carboxylic acids is 1. The number of ether oxygens (including phenoxy) is 1. The first-order chi connectivity index (χ1) is 16.2. The van der Waals surface area contributed by atoms with Crippen LogP contribution in [0.1, 0.15) is 53.9 Å². The first-order valence-electron chi connectivity index (χ1n) is 12.3. The molecule has 1 unspecified atom stereocenters. The Balaban J connectivity index is 2.06. The smallest absolute Gasteiger partial charge is 0.306 e. The zero-order valence-corrected chi connectivity index (χ0v) is 21.2. The minimum atomic E-state index is -0.791. The molecule has 0 fully saturated rings. The largest absolute Gasteiger partial charge is 0.488 e. The van der Waals surface area contributed by atoms with Crippen molar-refractivity contribution in [2.75, 3.05) is 19.7 Å². The number of unbranched alkanes of at least 4 members (excludes halogenated alkanes) is 1. The van der Waals surface area contributed by atoms with Crippen LogP contribution in [0.4, 0.5) is 0 Å². The van der Waals surface area contributed by atoms with Gasteiger partial charge >= 0.3 is 5.97 Å². The Morgan fingerprint density at radius 1 is 1.03 bits per heavy atom. The molecule has 0 aliphatic heterocycles. The van der Waals surface area contributed by atoms with Gasteiger partial charge in [-0.15, -0.1) is 0 Å². The summed E-state index contributed by atoms with van der Waals surface area (Å²) in [7, 11) is 0. The first-order valence-corrected chi connectivity index (χ1v) is 12.3. The van der Waals surface area contributed by atoms with Crippen molar-refractivity contribution in [3.8, 4) is 5.75 Å². The first kappa shape index (κ1) is 27.4. The van der Waals surface area contributed by atoms with Gasteiger partial charge in [-0.2, -0.15) is 0 Å². The fourth-order valence-electron chi connectivity index (χ4n) is 4.04. The summed E-state index contributed by atoms with van der Waals surface area (Å²) < 4.78 is 6.09. The van der Waals surface area contributed by atoms with Gasteiger partial charge in [0.15, 0.2) is 0 Å². The number of rotatable bonds is 14. The number of fused-ring (bicyclic) bond motifs is 1. The molecule has 0 saturated heterocycles. The van der Waals surface area contributed by atoms with E-state index < -0.39 is 11.9 Å². The quantitative estimate of drug-likeness (QED) is 0.292. The van der Waals surface area contributed by atoms with Gasteiger partial charge in [-0.3, -0.25) is 14.5 Å². The van der Waals surface area contributed by atoms with Crippen LogP contribution < -0.4 is 10.1 Å².